The van der Waals surface area contributed by atoms with Gasteiger partial charge in [-0.05, 0) is 54.5 Å². The first-order chi connectivity index (χ1) is 13.3. The number of phenolic OH excluding ortho intramolecular Hbond substituents is 1. The van der Waals surface area contributed by atoms with E-state index >= 15 is 0 Å². The summed E-state index contributed by atoms with van der Waals surface area (Å²) in [6, 6.07) is 27.7. The molecule has 0 aliphatic heterocycles. The number of rotatable bonds is 0. The average Bonchev–Trinajstić information content (AvgIpc) is 3.22. The third kappa shape index (κ3) is 1.41. The maximum atomic E-state index is 10.9. The molecule has 1 N–H and O–H groups in total. The molecule has 0 bridgehead atoms. The van der Waals surface area contributed by atoms with Gasteiger partial charge in [-0.15, -0.1) is 0 Å². The predicted octanol–water partition coefficient (Wildman–Crippen LogP) is 7.19. The van der Waals surface area contributed by atoms with E-state index in [-0.39, 0.29) is 0 Å². The van der Waals surface area contributed by atoms with Crippen molar-refractivity contribution in [2.24, 2.45) is 0 Å². The molecule has 7 aromatic carbocycles. The quantitative estimate of drug-likeness (QED) is 0.289. The van der Waals surface area contributed by atoms with Crippen LogP contribution in [0.15, 0.2) is 78.9 Å². The summed E-state index contributed by atoms with van der Waals surface area (Å²) in [7, 11) is 0. The van der Waals surface area contributed by atoms with Crippen LogP contribution in [-0.2, 0) is 0 Å². The predicted molar refractivity (Wildman–Crippen MR) is 116 cm³/mol. The molecule has 0 atom stereocenters. The molecule has 1 nitrogen and oxygen atoms in total. The second kappa shape index (κ2) is 4.39. The first-order valence-electron chi connectivity index (χ1n) is 9.28. The third-order valence-corrected chi connectivity index (χ3v) is 6.24. The highest BCUT2D eigenvalue weighted by Gasteiger charge is 2.22. The Morgan fingerprint density at radius 3 is 1.41 bits per heavy atom. The first-order valence-corrected chi connectivity index (χ1v) is 9.28. The summed E-state index contributed by atoms with van der Waals surface area (Å²) in [5.41, 5.74) is 0. The Morgan fingerprint density at radius 2 is 0.778 bits per heavy atom. The van der Waals surface area contributed by atoms with Crippen LogP contribution in [0.4, 0.5) is 0 Å². The highest BCUT2D eigenvalue weighted by atomic mass is 16.3. The fourth-order valence-electron chi connectivity index (χ4n) is 5.26. The van der Waals surface area contributed by atoms with Crippen LogP contribution >= 0.6 is 0 Å². The molecule has 7 rings (SSSR count). The molecule has 0 saturated heterocycles. The Labute approximate surface area is 154 Å². The van der Waals surface area contributed by atoms with Crippen molar-refractivity contribution in [3.63, 3.8) is 0 Å². The molecule has 0 amide bonds. The van der Waals surface area contributed by atoms with E-state index in [1.165, 1.54) is 59.2 Å². The number of benzene rings is 5. The van der Waals surface area contributed by atoms with Crippen molar-refractivity contribution in [1.29, 1.82) is 0 Å². The smallest absolute Gasteiger partial charge is 0.124 e. The van der Waals surface area contributed by atoms with Crippen molar-refractivity contribution in [3.8, 4) is 5.75 Å². The Kier molecular flexibility index (Phi) is 2.21. The standard InChI is InChI=1S/C26H14O/c27-21-13-12-19-15-7-1-3-8-16(15)22-20-11-5-10-17-14-6-2-4-9-18(14)24(23(17)20)26(21)25(19)22/h1-13,27H. The molecule has 0 aliphatic carbocycles. The molecular weight excluding hydrogens is 328 g/mol. The molecule has 0 heterocycles. The lowest BCUT2D eigenvalue weighted by molar-refractivity contribution is 0.482. The van der Waals surface area contributed by atoms with Crippen molar-refractivity contribution in [2.75, 3.05) is 0 Å². The zero-order chi connectivity index (χ0) is 17.7. The summed E-state index contributed by atoms with van der Waals surface area (Å²) in [5.74, 6) is 0.367. The average molecular weight is 342 g/mol. The monoisotopic (exact) mass is 342 g/mol. The first kappa shape index (κ1) is 13.6. The van der Waals surface area contributed by atoms with Crippen LogP contribution in [0.1, 0.15) is 0 Å². The van der Waals surface area contributed by atoms with Crippen molar-refractivity contribution < 1.29 is 5.11 Å². The fraction of sp³-hybridized carbons (Fsp3) is 0. The summed E-state index contributed by atoms with van der Waals surface area (Å²) < 4.78 is 0. The van der Waals surface area contributed by atoms with E-state index in [9.17, 15) is 5.11 Å². The van der Waals surface area contributed by atoms with Crippen molar-refractivity contribution >= 4 is 64.6 Å². The zero-order valence-corrected chi connectivity index (χ0v) is 14.5. The second-order valence-corrected chi connectivity index (χ2v) is 7.45. The Balaban J connectivity index is 2.03. The van der Waals surface area contributed by atoms with Gasteiger partial charge in [-0.25, -0.2) is 0 Å². The molecule has 0 saturated carbocycles. The lowest BCUT2D eigenvalue weighted by Crippen LogP contribution is -1.80. The third-order valence-electron chi connectivity index (χ3n) is 6.24. The summed E-state index contributed by atoms with van der Waals surface area (Å²) in [4.78, 5) is 0. The van der Waals surface area contributed by atoms with Gasteiger partial charge in [0.1, 0.15) is 5.75 Å². The molecular formula is C26H14O. The Morgan fingerprint density at radius 1 is 0.333 bits per heavy atom. The van der Waals surface area contributed by atoms with Crippen LogP contribution in [0.5, 0.6) is 5.75 Å². The van der Waals surface area contributed by atoms with Gasteiger partial charge in [0.25, 0.3) is 0 Å². The Bertz CT molecular complexity index is 1670. The van der Waals surface area contributed by atoms with Gasteiger partial charge < -0.3 is 5.11 Å². The van der Waals surface area contributed by atoms with E-state index in [1.54, 1.807) is 0 Å². The van der Waals surface area contributed by atoms with Gasteiger partial charge in [0.2, 0.25) is 0 Å². The summed E-state index contributed by atoms with van der Waals surface area (Å²) >= 11 is 0. The number of hydrogen-bond donors (Lipinski definition) is 1. The van der Waals surface area contributed by atoms with Crippen LogP contribution in [0.2, 0.25) is 0 Å². The minimum absolute atomic E-state index is 0.367. The van der Waals surface area contributed by atoms with E-state index in [0.29, 0.717) is 5.75 Å². The normalized spacial score (nSPS) is 12.6. The van der Waals surface area contributed by atoms with Gasteiger partial charge in [-0.2, -0.15) is 0 Å². The number of phenols is 1. The molecule has 0 radical (unpaired) electrons. The second-order valence-electron chi connectivity index (χ2n) is 7.45. The largest absolute Gasteiger partial charge is 0.507 e. The van der Waals surface area contributed by atoms with Gasteiger partial charge >= 0.3 is 0 Å². The van der Waals surface area contributed by atoms with E-state index in [0.717, 1.165) is 5.39 Å². The maximum absolute atomic E-state index is 10.9. The molecule has 0 fully saturated rings. The van der Waals surface area contributed by atoms with Crippen molar-refractivity contribution in [3.05, 3.63) is 78.9 Å². The molecule has 1 heteroatoms. The molecule has 27 heavy (non-hydrogen) atoms. The lowest BCUT2D eigenvalue weighted by atomic mass is 9.95. The minimum atomic E-state index is 0.367. The van der Waals surface area contributed by atoms with Gasteiger partial charge in [0.05, 0.1) is 0 Å². The topological polar surface area (TPSA) is 20.2 Å². The fourth-order valence-corrected chi connectivity index (χ4v) is 5.26. The number of aromatic hydroxyl groups is 1. The Hall–Kier alpha value is -3.58. The van der Waals surface area contributed by atoms with Gasteiger partial charge in [0, 0.05) is 16.2 Å². The van der Waals surface area contributed by atoms with Crippen LogP contribution < -0.4 is 0 Å². The maximum Gasteiger partial charge on any atom is 0.124 e. The molecule has 0 aromatic heterocycles. The van der Waals surface area contributed by atoms with Crippen LogP contribution in [-0.4, -0.2) is 5.11 Å². The summed E-state index contributed by atoms with van der Waals surface area (Å²) in [6.07, 6.45) is 0. The van der Waals surface area contributed by atoms with Crippen molar-refractivity contribution in [2.45, 2.75) is 0 Å². The SMILES string of the molecule is Oc1ccc2c3ccccc3c3c4cccc5c6ccccc6c(c1c23)c54. The molecule has 7 aromatic rings. The van der Waals surface area contributed by atoms with Gasteiger partial charge in [0.15, 0.2) is 0 Å². The van der Waals surface area contributed by atoms with E-state index in [1.807, 2.05) is 6.07 Å². The van der Waals surface area contributed by atoms with E-state index in [2.05, 4.69) is 72.8 Å². The summed E-state index contributed by atoms with van der Waals surface area (Å²) in [6.45, 7) is 0. The molecule has 0 spiro atoms. The highest BCUT2D eigenvalue weighted by molar-refractivity contribution is 6.48. The number of hydrogen-bond acceptors (Lipinski definition) is 1. The lowest BCUT2D eigenvalue weighted by Gasteiger charge is -2.09. The van der Waals surface area contributed by atoms with E-state index < -0.39 is 0 Å². The molecule has 124 valence electrons. The van der Waals surface area contributed by atoms with Crippen molar-refractivity contribution in [1.82, 2.24) is 0 Å². The van der Waals surface area contributed by atoms with Crippen LogP contribution in [0, 0.1) is 0 Å². The zero-order valence-electron chi connectivity index (χ0n) is 14.5. The van der Waals surface area contributed by atoms with Gasteiger partial charge in [-0.1, -0.05) is 72.8 Å². The van der Waals surface area contributed by atoms with Crippen LogP contribution in [0.25, 0.3) is 64.6 Å². The van der Waals surface area contributed by atoms with Crippen LogP contribution in [0.3, 0.4) is 0 Å². The minimum Gasteiger partial charge on any atom is -0.507 e. The summed E-state index contributed by atoms with van der Waals surface area (Å²) in [5, 5.41) is 25.6. The molecule has 0 aliphatic rings. The highest BCUT2D eigenvalue weighted by Crippen LogP contribution is 2.51. The molecule has 0 unspecified atom stereocenters. The van der Waals surface area contributed by atoms with E-state index in [4.69, 9.17) is 0 Å². The van der Waals surface area contributed by atoms with Gasteiger partial charge in [-0.3, -0.25) is 0 Å². The number of fused-ring (bicyclic) bond motifs is 8.